The lowest BCUT2D eigenvalue weighted by Crippen LogP contribution is -2.63. The lowest BCUT2D eigenvalue weighted by molar-refractivity contribution is -0.192. The Bertz CT molecular complexity index is 1010. The third-order valence-corrected chi connectivity index (χ3v) is 11.9. The molecule has 0 aromatic heterocycles. The number of carbonyl (C=O) groups is 3. The van der Waals surface area contributed by atoms with Gasteiger partial charge in [-0.3, -0.25) is 14.9 Å². The second-order valence-electron chi connectivity index (χ2n) is 13.9. The number of alkyl carbamates (subject to hydrolysis) is 1. The van der Waals surface area contributed by atoms with Gasteiger partial charge >= 0.3 is 6.09 Å². The topological polar surface area (TPSA) is 84.9 Å². The number of rotatable bonds is 5. The molecule has 1 saturated heterocycles. The summed E-state index contributed by atoms with van der Waals surface area (Å²) in [7, 11) is 3.76. The van der Waals surface area contributed by atoms with Gasteiger partial charge in [0, 0.05) is 42.7 Å². The lowest BCUT2D eigenvalue weighted by atomic mass is 9.43. The minimum absolute atomic E-state index is 0.00233. The molecular formula is C32H50N2O5. The fourth-order valence-corrected chi connectivity index (χ4v) is 9.16. The average molecular weight is 543 g/mol. The molecule has 4 aliphatic rings. The molecule has 3 saturated carbocycles. The van der Waals surface area contributed by atoms with Gasteiger partial charge in [-0.1, -0.05) is 34.6 Å². The summed E-state index contributed by atoms with van der Waals surface area (Å²) in [6, 6.07) is 0. The van der Waals surface area contributed by atoms with E-state index >= 15 is 0 Å². The number of terminal acetylenes is 1. The molecule has 218 valence electrons. The SMILES string of the molecule is C#CCC[C@]1(C)C[C@@H](OC(=O)NC(=O)[C@H]2CN(C)CC[C@@H]2C)[C@@]2(C)C3C(OC)CCC3(CC[C@H]2C)[C@@H](C)C1=O. The number of imide groups is 1. The molecule has 0 aromatic carbocycles. The van der Waals surface area contributed by atoms with Crippen molar-refractivity contribution in [1.29, 1.82) is 0 Å². The Morgan fingerprint density at radius 2 is 1.85 bits per heavy atom. The Morgan fingerprint density at radius 3 is 2.51 bits per heavy atom. The highest BCUT2D eigenvalue weighted by atomic mass is 16.6. The highest BCUT2D eigenvalue weighted by molar-refractivity contribution is 5.93. The molecule has 3 unspecified atom stereocenters. The lowest BCUT2D eigenvalue weighted by Gasteiger charge is -2.61. The van der Waals surface area contributed by atoms with Crippen LogP contribution in [0.5, 0.6) is 0 Å². The molecule has 7 heteroatoms. The van der Waals surface area contributed by atoms with Crippen molar-refractivity contribution in [1.82, 2.24) is 10.2 Å². The van der Waals surface area contributed by atoms with Crippen LogP contribution in [0.1, 0.15) is 86.0 Å². The predicted octanol–water partition coefficient (Wildman–Crippen LogP) is 5.07. The Kier molecular flexibility index (Phi) is 8.60. The fourth-order valence-electron chi connectivity index (χ4n) is 9.16. The number of ether oxygens (including phenoxy) is 2. The van der Waals surface area contributed by atoms with Gasteiger partial charge in [0.15, 0.2) is 0 Å². The molecule has 7 nitrogen and oxygen atoms in total. The van der Waals surface area contributed by atoms with Crippen LogP contribution < -0.4 is 5.32 Å². The van der Waals surface area contributed by atoms with Crippen molar-refractivity contribution in [3.05, 3.63) is 0 Å². The number of hydrogen-bond acceptors (Lipinski definition) is 6. The van der Waals surface area contributed by atoms with Gasteiger partial charge < -0.3 is 14.4 Å². The van der Waals surface area contributed by atoms with Crippen LogP contribution in [-0.2, 0) is 19.1 Å². The van der Waals surface area contributed by atoms with Crippen molar-refractivity contribution in [2.45, 2.75) is 98.2 Å². The monoisotopic (exact) mass is 542 g/mol. The minimum Gasteiger partial charge on any atom is -0.445 e. The fraction of sp³-hybridized carbons (Fsp3) is 0.844. The quantitative estimate of drug-likeness (QED) is 0.488. The largest absolute Gasteiger partial charge is 0.445 e. The zero-order valence-electron chi connectivity index (χ0n) is 25.2. The molecule has 0 radical (unpaired) electrons. The summed E-state index contributed by atoms with van der Waals surface area (Å²) in [6.07, 6.45) is 10.5. The van der Waals surface area contributed by atoms with E-state index in [-0.39, 0.29) is 52.8 Å². The van der Waals surface area contributed by atoms with Gasteiger partial charge in [0.1, 0.15) is 11.9 Å². The number of nitrogens with zero attached hydrogens (tertiary/aromatic N) is 1. The van der Waals surface area contributed by atoms with E-state index in [2.05, 4.69) is 43.8 Å². The number of hydrogen-bond donors (Lipinski definition) is 1. The Balaban J connectivity index is 1.70. The zero-order chi connectivity index (χ0) is 28.8. The molecule has 1 heterocycles. The molecule has 2 bridgehead atoms. The van der Waals surface area contributed by atoms with Crippen LogP contribution in [0.4, 0.5) is 4.79 Å². The van der Waals surface area contributed by atoms with E-state index in [4.69, 9.17) is 15.9 Å². The zero-order valence-corrected chi connectivity index (χ0v) is 25.2. The Hall–Kier alpha value is -1.91. The number of likely N-dealkylation sites (tertiary alicyclic amines) is 1. The molecule has 4 rings (SSSR count). The number of piperidine rings is 1. The molecule has 1 aliphatic heterocycles. The molecule has 2 amide bonds. The Morgan fingerprint density at radius 1 is 1.15 bits per heavy atom. The standard InChI is InChI=1S/C32H50N2O5/c1-9-10-14-30(5)18-25(39-29(37)33-28(36)23-19-34(7)17-13-20(23)2)31(6)21(3)11-15-32(22(4)27(30)35)16-12-24(38-8)26(31)32/h1,20-26H,10-19H2,2-8H3,(H,33,36,37)/t20-,21+,22-,23-,24?,25+,26?,30+,31-,32?/m0/s1. The van der Waals surface area contributed by atoms with Crippen molar-refractivity contribution in [2.24, 2.45) is 45.8 Å². The third-order valence-electron chi connectivity index (χ3n) is 11.9. The van der Waals surface area contributed by atoms with Crippen LogP contribution in [0.25, 0.3) is 0 Å². The van der Waals surface area contributed by atoms with Crippen molar-refractivity contribution in [3.63, 3.8) is 0 Å². The van der Waals surface area contributed by atoms with E-state index in [0.29, 0.717) is 25.8 Å². The summed E-state index contributed by atoms with van der Waals surface area (Å²) in [5.74, 6) is 2.80. The smallest absolute Gasteiger partial charge is 0.414 e. The minimum atomic E-state index is -0.719. The number of carbonyl (C=O) groups excluding carboxylic acids is 3. The summed E-state index contributed by atoms with van der Waals surface area (Å²) in [5, 5.41) is 2.59. The van der Waals surface area contributed by atoms with Crippen molar-refractivity contribution >= 4 is 17.8 Å². The molecule has 0 spiro atoms. The molecular weight excluding hydrogens is 492 g/mol. The molecule has 1 N–H and O–H groups in total. The van der Waals surface area contributed by atoms with Crippen molar-refractivity contribution in [2.75, 3.05) is 27.2 Å². The van der Waals surface area contributed by atoms with E-state index in [1.54, 1.807) is 7.11 Å². The van der Waals surface area contributed by atoms with Gasteiger partial charge in [-0.15, -0.1) is 12.3 Å². The number of methoxy groups -OCH3 is 1. The molecule has 0 aromatic rings. The highest BCUT2D eigenvalue weighted by Gasteiger charge is 2.68. The van der Waals surface area contributed by atoms with Gasteiger partial charge in [-0.05, 0) is 75.8 Å². The van der Waals surface area contributed by atoms with Crippen LogP contribution in [0.2, 0.25) is 0 Å². The summed E-state index contributed by atoms with van der Waals surface area (Å²) in [4.78, 5) is 43.1. The number of Topliss-reactive ketones (excluding diaryl/α,β-unsaturated/α-hetero) is 1. The first kappa shape index (κ1) is 30.1. The van der Waals surface area contributed by atoms with Crippen LogP contribution in [-0.4, -0.2) is 62.1 Å². The van der Waals surface area contributed by atoms with Crippen molar-refractivity contribution < 1.29 is 23.9 Å². The first-order valence-electron chi connectivity index (χ1n) is 15.0. The van der Waals surface area contributed by atoms with E-state index in [9.17, 15) is 14.4 Å². The molecule has 3 aliphatic carbocycles. The van der Waals surface area contributed by atoms with Crippen LogP contribution in [0.15, 0.2) is 0 Å². The summed E-state index contributed by atoms with van der Waals surface area (Å²) < 4.78 is 12.4. The average Bonchev–Trinajstić information content (AvgIpc) is 3.30. The highest BCUT2D eigenvalue weighted by Crippen LogP contribution is 2.69. The maximum absolute atomic E-state index is 14.3. The Labute approximate surface area is 235 Å². The first-order chi connectivity index (χ1) is 18.3. The third kappa shape index (κ3) is 5.05. The summed E-state index contributed by atoms with van der Waals surface area (Å²) in [6.45, 7) is 12.3. The maximum atomic E-state index is 14.3. The second-order valence-corrected chi connectivity index (χ2v) is 13.9. The number of ketones is 1. The van der Waals surface area contributed by atoms with Crippen LogP contribution >= 0.6 is 0 Å². The van der Waals surface area contributed by atoms with E-state index in [0.717, 1.165) is 38.6 Å². The van der Waals surface area contributed by atoms with Crippen molar-refractivity contribution in [3.8, 4) is 12.3 Å². The van der Waals surface area contributed by atoms with Crippen LogP contribution in [0, 0.1) is 58.2 Å². The number of nitrogens with one attached hydrogen (secondary N) is 1. The van der Waals surface area contributed by atoms with Gasteiger partial charge in [0.25, 0.3) is 0 Å². The molecule has 10 atom stereocenters. The van der Waals surface area contributed by atoms with Gasteiger partial charge in [0.05, 0.1) is 12.0 Å². The molecule has 39 heavy (non-hydrogen) atoms. The summed E-state index contributed by atoms with van der Waals surface area (Å²) in [5.41, 5.74) is -1.34. The van der Waals surface area contributed by atoms with E-state index in [1.807, 2.05) is 14.0 Å². The van der Waals surface area contributed by atoms with Gasteiger partial charge in [-0.25, -0.2) is 4.79 Å². The second kappa shape index (κ2) is 11.2. The van der Waals surface area contributed by atoms with Gasteiger partial charge in [-0.2, -0.15) is 0 Å². The number of amides is 2. The van der Waals surface area contributed by atoms with Gasteiger partial charge in [0.2, 0.25) is 5.91 Å². The maximum Gasteiger partial charge on any atom is 0.414 e. The normalized spacial score (nSPS) is 44.5. The molecule has 4 fully saturated rings. The van der Waals surface area contributed by atoms with E-state index < -0.39 is 23.0 Å². The first-order valence-corrected chi connectivity index (χ1v) is 15.0. The van der Waals surface area contributed by atoms with E-state index in [1.165, 1.54) is 0 Å². The van der Waals surface area contributed by atoms with Crippen LogP contribution in [0.3, 0.4) is 0 Å². The predicted molar refractivity (Wildman–Crippen MR) is 151 cm³/mol. The summed E-state index contributed by atoms with van der Waals surface area (Å²) >= 11 is 0.